The van der Waals surface area contributed by atoms with Gasteiger partial charge in [0.15, 0.2) is 5.65 Å². The molecule has 0 fully saturated rings. The van der Waals surface area contributed by atoms with Crippen molar-refractivity contribution in [3.63, 3.8) is 0 Å². The maximum atomic E-state index is 12.0. The van der Waals surface area contributed by atoms with E-state index in [0.29, 0.717) is 11.2 Å². The van der Waals surface area contributed by atoms with Gasteiger partial charge in [0.05, 0.1) is 5.52 Å². The number of imidazole rings is 1. The highest BCUT2D eigenvalue weighted by molar-refractivity contribution is 5.81. The molecule has 0 saturated heterocycles. The predicted octanol–water partition coefficient (Wildman–Crippen LogP) is 2.36. The average Bonchev–Trinajstić information content (AvgIpc) is 2.70. The molecule has 0 aromatic carbocycles. The Morgan fingerprint density at radius 2 is 2.42 bits per heavy atom. The largest absolute Gasteiger partial charge is 0.327 e. The van der Waals surface area contributed by atoms with Gasteiger partial charge in [0.2, 0.25) is 0 Å². The van der Waals surface area contributed by atoms with Crippen molar-refractivity contribution >= 4 is 16.7 Å². The Hall–Kier alpha value is -2.43. The minimum absolute atomic E-state index is 0.207. The van der Waals surface area contributed by atoms with E-state index in [1.165, 1.54) is 10.6 Å². The number of alkyl halides is 1. The molecular weight excluding hydrogens is 245 g/mol. The first kappa shape index (κ1) is 13.0. The summed E-state index contributed by atoms with van der Waals surface area (Å²) in [6.07, 6.45) is 8.09. The van der Waals surface area contributed by atoms with Gasteiger partial charge in [-0.3, -0.25) is 4.57 Å². The highest BCUT2D eigenvalue weighted by atomic mass is 19.1. The van der Waals surface area contributed by atoms with Crippen LogP contribution in [0.3, 0.4) is 0 Å². The summed E-state index contributed by atoms with van der Waals surface area (Å²) in [6.45, 7) is 3.21. The number of halogens is 1. The Morgan fingerprint density at radius 3 is 3.11 bits per heavy atom. The molecule has 0 unspecified atom stereocenters. The van der Waals surface area contributed by atoms with Crippen LogP contribution in [0.25, 0.3) is 16.7 Å². The summed E-state index contributed by atoms with van der Waals surface area (Å²) in [6, 6.07) is 1.82. The molecule has 2 aromatic rings. The van der Waals surface area contributed by atoms with E-state index >= 15 is 0 Å². The number of rotatable bonds is 4. The van der Waals surface area contributed by atoms with Crippen LogP contribution in [-0.2, 0) is 7.05 Å². The summed E-state index contributed by atoms with van der Waals surface area (Å²) in [5.41, 5.74) is 2.67. The molecule has 0 aliphatic rings. The summed E-state index contributed by atoms with van der Waals surface area (Å²) in [7, 11) is 1.65. The van der Waals surface area contributed by atoms with Crippen LogP contribution in [-0.4, -0.2) is 21.2 Å². The normalized spacial score (nSPS) is 12.4. The first-order valence-corrected chi connectivity index (χ1v) is 5.77. The first-order valence-electron chi connectivity index (χ1n) is 5.77. The molecule has 5 heteroatoms. The molecule has 2 rings (SSSR count). The van der Waals surface area contributed by atoms with Gasteiger partial charge in [0, 0.05) is 18.8 Å². The van der Waals surface area contributed by atoms with E-state index in [0.717, 1.165) is 11.1 Å². The van der Waals surface area contributed by atoms with Crippen molar-refractivity contribution in [1.82, 2.24) is 14.5 Å². The second kappa shape index (κ2) is 5.48. The van der Waals surface area contributed by atoms with Crippen molar-refractivity contribution in [2.75, 3.05) is 6.67 Å². The lowest BCUT2D eigenvalue weighted by Gasteiger charge is -2.01. The van der Waals surface area contributed by atoms with Gasteiger partial charge in [-0.2, -0.15) is 0 Å². The van der Waals surface area contributed by atoms with Crippen molar-refractivity contribution in [1.29, 1.82) is 0 Å². The molecule has 0 atom stereocenters. The number of aromatic amines is 1. The van der Waals surface area contributed by atoms with E-state index < -0.39 is 6.67 Å². The zero-order valence-electron chi connectivity index (χ0n) is 10.6. The van der Waals surface area contributed by atoms with Gasteiger partial charge in [-0.05, 0) is 11.6 Å². The fraction of sp³-hybridized carbons (Fsp3) is 0.143. The van der Waals surface area contributed by atoms with Crippen LogP contribution in [0.2, 0.25) is 0 Å². The van der Waals surface area contributed by atoms with Crippen molar-refractivity contribution in [3.05, 3.63) is 59.2 Å². The Labute approximate surface area is 109 Å². The summed E-state index contributed by atoms with van der Waals surface area (Å²) >= 11 is 0. The number of aryl methyl sites for hydroxylation is 1. The van der Waals surface area contributed by atoms with Gasteiger partial charge in [-0.1, -0.05) is 30.9 Å². The third kappa shape index (κ3) is 2.54. The lowest BCUT2D eigenvalue weighted by Crippen LogP contribution is -2.12. The third-order valence-corrected chi connectivity index (χ3v) is 2.78. The van der Waals surface area contributed by atoms with Gasteiger partial charge < -0.3 is 4.98 Å². The molecular formula is C14H14FN3O. The monoisotopic (exact) mass is 259 g/mol. The summed E-state index contributed by atoms with van der Waals surface area (Å²) in [5.74, 6) is 0. The van der Waals surface area contributed by atoms with Crippen molar-refractivity contribution in [2.24, 2.45) is 7.05 Å². The van der Waals surface area contributed by atoms with Gasteiger partial charge >= 0.3 is 5.69 Å². The molecule has 2 aromatic heterocycles. The summed E-state index contributed by atoms with van der Waals surface area (Å²) < 4.78 is 13.5. The van der Waals surface area contributed by atoms with Crippen LogP contribution in [0.15, 0.2) is 47.9 Å². The predicted molar refractivity (Wildman–Crippen MR) is 74.6 cm³/mol. The molecule has 0 saturated carbocycles. The zero-order chi connectivity index (χ0) is 13.8. The van der Waals surface area contributed by atoms with Crippen LogP contribution in [0.1, 0.15) is 5.56 Å². The lowest BCUT2D eigenvalue weighted by molar-refractivity contribution is 0.562. The van der Waals surface area contributed by atoms with Crippen molar-refractivity contribution < 1.29 is 4.39 Å². The second-order valence-electron chi connectivity index (χ2n) is 3.99. The van der Waals surface area contributed by atoms with Crippen LogP contribution in [0.5, 0.6) is 0 Å². The quantitative estimate of drug-likeness (QED) is 0.857. The van der Waals surface area contributed by atoms with E-state index in [-0.39, 0.29) is 5.69 Å². The Bertz CT molecular complexity index is 722. The fourth-order valence-electron chi connectivity index (χ4n) is 1.78. The minimum Gasteiger partial charge on any atom is -0.304 e. The van der Waals surface area contributed by atoms with Crippen LogP contribution in [0, 0.1) is 0 Å². The van der Waals surface area contributed by atoms with Gasteiger partial charge in [-0.15, -0.1) is 0 Å². The topological polar surface area (TPSA) is 50.7 Å². The highest BCUT2D eigenvalue weighted by Crippen LogP contribution is 2.18. The highest BCUT2D eigenvalue weighted by Gasteiger charge is 2.06. The molecule has 0 amide bonds. The van der Waals surface area contributed by atoms with Crippen LogP contribution < -0.4 is 5.69 Å². The van der Waals surface area contributed by atoms with Crippen LogP contribution in [0.4, 0.5) is 4.39 Å². The zero-order valence-corrected chi connectivity index (χ0v) is 10.6. The summed E-state index contributed by atoms with van der Waals surface area (Å²) in [5, 5.41) is 0. The van der Waals surface area contributed by atoms with E-state index in [1.807, 2.05) is 6.07 Å². The molecule has 1 N–H and O–H groups in total. The molecule has 19 heavy (non-hydrogen) atoms. The maximum absolute atomic E-state index is 12.0. The number of nitrogens with one attached hydrogen (secondary N) is 1. The number of fused-ring (bicyclic) bond motifs is 1. The lowest BCUT2D eigenvalue weighted by atomic mass is 10.1. The van der Waals surface area contributed by atoms with E-state index in [2.05, 4.69) is 16.5 Å². The molecule has 0 radical (unpaired) electrons. The number of allylic oxidation sites excluding steroid dienone is 5. The maximum Gasteiger partial charge on any atom is 0.327 e. The molecule has 0 bridgehead atoms. The summed E-state index contributed by atoms with van der Waals surface area (Å²) in [4.78, 5) is 18.4. The number of aromatic nitrogens is 3. The van der Waals surface area contributed by atoms with Crippen molar-refractivity contribution in [2.45, 2.75) is 0 Å². The molecule has 4 nitrogen and oxygen atoms in total. The van der Waals surface area contributed by atoms with E-state index in [9.17, 15) is 9.18 Å². The molecule has 98 valence electrons. The average molecular weight is 259 g/mol. The van der Waals surface area contributed by atoms with E-state index in [1.54, 1.807) is 31.5 Å². The van der Waals surface area contributed by atoms with Gasteiger partial charge in [0.25, 0.3) is 0 Å². The molecule has 0 aliphatic carbocycles. The minimum atomic E-state index is -0.510. The SMILES string of the molecule is C=C/C(=C\C=C/CF)c1cnc2c(c1)[nH]c(=O)n2C. The standard InChI is InChI=1S/C14H14FN3O/c1-3-10(6-4-5-7-15)11-8-12-13(16-9-11)18(2)14(19)17-12/h3-6,8-9H,1,7H2,2H3,(H,17,19)/b5-4-,10-6+. The smallest absolute Gasteiger partial charge is 0.304 e. The van der Waals surface area contributed by atoms with Gasteiger partial charge in [0.1, 0.15) is 6.67 Å². The number of H-pyrrole nitrogens is 1. The Morgan fingerprint density at radius 1 is 1.63 bits per heavy atom. The molecule has 0 aliphatic heterocycles. The molecule has 0 spiro atoms. The van der Waals surface area contributed by atoms with Gasteiger partial charge in [-0.25, -0.2) is 14.2 Å². The second-order valence-corrected chi connectivity index (χ2v) is 3.99. The fourth-order valence-corrected chi connectivity index (χ4v) is 1.78. The third-order valence-electron chi connectivity index (χ3n) is 2.78. The number of nitrogens with zero attached hydrogens (tertiary/aromatic N) is 2. The van der Waals surface area contributed by atoms with E-state index in [4.69, 9.17) is 0 Å². The number of hydrogen-bond donors (Lipinski definition) is 1. The molecule has 2 heterocycles. The van der Waals surface area contributed by atoms with Crippen LogP contribution >= 0.6 is 0 Å². The van der Waals surface area contributed by atoms with Crippen molar-refractivity contribution in [3.8, 4) is 0 Å². The number of hydrogen-bond acceptors (Lipinski definition) is 2. The Kier molecular flexibility index (Phi) is 3.75. The first-order chi connectivity index (χ1) is 9.17. The Balaban J connectivity index is 2.50. The number of pyridine rings is 1.